The van der Waals surface area contributed by atoms with Gasteiger partial charge in [-0.05, 0) is 63.1 Å². The Morgan fingerprint density at radius 1 is 0.969 bits per heavy atom. The largest absolute Gasteiger partial charge is 0.446 e. The first kappa shape index (κ1) is 24.5. The zero-order valence-corrected chi connectivity index (χ0v) is 18.2. The van der Waals surface area contributed by atoms with E-state index in [2.05, 4.69) is 20.6 Å². The van der Waals surface area contributed by atoms with E-state index in [1.165, 1.54) is 18.2 Å². The number of anilines is 2. The van der Waals surface area contributed by atoms with Gasteiger partial charge >= 0.3 is 6.09 Å². The molecule has 2 rings (SSSR count). The summed E-state index contributed by atoms with van der Waals surface area (Å²) in [5.41, 5.74) is 2.69. The number of isocyanates is 2. The van der Waals surface area contributed by atoms with E-state index in [4.69, 9.17) is 14.5 Å². The molecular formula is C22H24N4O6. The van der Waals surface area contributed by atoms with Crippen LogP contribution in [0.4, 0.5) is 27.5 Å². The average molecular weight is 440 g/mol. The van der Waals surface area contributed by atoms with Crippen molar-refractivity contribution in [2.24, 2.45) is 9.98 Å². The quantitative estimate of drug-likeness (QED) is 0.138. The zero-order valence-electron chi connectivity index (χ0n) is 18.2. The highest BCUT2D eigenvalue weighted by Crippen LogP contribution is 2.24. The van der Waals surface area contributed by atoms with Gasteiger partial charge in [-0.1, -0.05) is 12.1 Å². The zero-order chi connectivity index (χ0) is 23.6. The molecule has 2 aromatic carbocycles. The van der Waals surface area contributed by atoms with Gasteiger partial charge in [0.1, 0.15) is 12.2 Å². The Kier molecular flexibility index (Phi) is 8.83. The molecule has 168 valence electrons. The van der Waals surface area contributed by atoms with Gasteiger partial charge in [0.2, 0.25) is 12.2 Å². The topological polar surface area (TPSA) is 128 Å². The fourth-order valence-corrected chi connectivity index (χ4v) is 2.46. The lowest BCUT2D eigenvalue weighted by molar-refractivity contribution is -0.354. The smallest absolute Gasteiger partial charge is 0.411 e. The van der Waals surface area contributed by atoms with Crippen LogP contribution in [0, 0.1) is 13.8 Å². The van der Waals surface area contributed by atoms with Crippen molar-refractivity contribution in [1.29, 1.82) is 0 Å². The minimum absolute atomic E-state index is 0.00627. The highest BCUT2D eigenvalue weighted by atomic mass is 17.2. The van der Waals surface area contributed by atoms with E-state index in [0.29, 0.717) is 22.7 Å². The number of aliphatic imine (C=N–C) groups is 2. The van der Waals surface area contributed by atoms with Crippen LogP contribution < -0.4 is 10.6 Å². The Balaban J connectivity index is 1.78. The molecule has 10 heteroatoms. The summed E-state index contributed by atoms with van der Waals surface area (Å²) < 4.78 is 5.18. The summed E-state index contributed by atoms with van der Waals surface area (Å²) in [4.78, 5) is 50.7. The van der Waals surface area contributed by atoms with Gasteiger partial charge < -0.3 is 10.1 Å². The molecule has 2 N–H and O–H groups in total. The van der Waals surface area contributed by atoms with Crippen molar-refractivity contribution in [1.82, 2.24) is 0 Å². The number of hydrogen-bond acceptors (Lipinski definition) is 9. The second-order valence-electron chi connectivity index (χ2n) is 7.39. The van der Waals surface area contributed by atoms with Crippen LogP contribution in [0.1, 0.15) is 25.0 Å². The number of carbonyl (C=O) groups excluding carboxylic acids is 3. The van der Waals surface area contributed by atoms with Crippen LogP contribution in [-0.4, -0.2) is 37.2 Å². The van der Waals surface area contributed by atoms with Crippen LogP contribution in [0.3, 0.4) is 0 Å². The number of nitrogens with zero attached hydrogens (tertiary/aromatic N) is 2. The monoisotopic (exact) mass is 440 g/mol. The third kappa shape index (κ3) is 7.79. The van der Waals surface area contributed by atoms with Gasteiger partial charge in [0.15, 0.2) is 6.73 Å². The lowest BCUT2D eigenvalue weighted by Crippen LogP contribution is -2.33. The Labute approximate surface area is 185 Å². The maximum atomic E-state index is 12.1. The van der Waals surface area contributed by atoms with Crippen LogP contribution in [0.15, 0.2) is 46.4 Å². The summed E-state index contributed by atoms with van der Waals surface area (Å²) in [5, 5.41) is 5.52. The van der Waals surface area contributed by atoms with E-state index < -0.39 is 11.7 Å². The summed E-state index contributed by atoms with van der Waals surface area (Å²) >= 11 is 0. The van der Waals surface area contributed by atoms with Gasteiger partial charge in [0, 0.05) is 11.4 Å². The van der Waals surface area contributed by atoms with Crippen molar-refractivity contribution in [3.8, 4) is 0 Å². The molecule has 32 heavy (non-hydrogen) atoms. The number of nitrogens with one attached hydrogen (secondary N) is 2. The van der Waals surface area contributed by atoms with Crippen LogP contribution in [0.2, 0.25) is 0 Å². The molecule has 0 fully saturated rings. The average Bonchev–Trinajstić information content (AvgIpc) is 2.75. The summed E-state index contributed by atoms with van der Waals surface area (Å²) in [5.74, 6) is 0. The second kappa shape index (κ2) is 11.5. The minimum Gasteiger partial charge on any atom is -0.446 e. The maximum absolute atomic E-state index is 12.1. The summed E-state index contributed by atoms with van der Waals surface area (Å²) in [6, 6.07) is 10.2. The van der Waals surface area contributed by atoms with Crippen molar-refractivity contribution in [2.45, 2.75) is 33.3 Å². The lowest BCUT2D eigenvalue weighted by atomic mass is 10.2. The molecule has 10 nitrogen and oxygen atoms in total. The van der Waals surface area contributed by atoms with E-state index in [1.807, 2.05) is 6.92 Å². The molecule has 0 aromatic heterocycles. The van der Waals surface area contributed by atoms with E-state index in [0.717, 1.165) is 11.1 Å². The molecule has 0 aliphatic rings. The van der Waals surface area contributed by atoms with Gasteiger partial charge in [-0.25, -0.2) is 24.2 Å². The Hall–Kier alpha value is -3.81. The highest BCUT2D eigenvalue weighted by Gasteiger charge is 2.23. The molecule has 0 unspecified atom stereocenters. The van der Waals surface area contributed by atoms with Crippen molar-refractivity contribution < 1.29 is 28.9 Å². The molecule has 0 radical (unpaired) electrons. The fraction of sp³-hybridized carbons (Fsp3) is 0.318. The van der Waals surface area contributed by atoms with Crippen LogP contribution in [-0.2, 0) is 24.1 Å². The van der Waals surface area contributed by atoms with Gasteiger partial charge in [-0.2, -0.15) is 9.98 Å². The molecule has 0 bridgehead atoms. The van der Waals surface area contributed by atoms with E-state index >= 15 is 0 Å². The molecule has 1 amide bonds. The third-order valence-corrected chi connectivity index (χ3v) is 4.17. The number of aryl methyl sites for hydroxylation is 2. The Bertz CT molecular complexity index is 1060. The minimum atomic E-state index is -0.931. The number of hydrogen-bond donors (Lipinski definition) is 2. The van der Waals surface area contributed by atoms with Gasteiger partial charge in [-0.3, -0.25) is 5.32 Å². The lowest BCUT2D eigenvalue weighted by Gasteiger charge is -2.23. The number of carbonyl (C=O) groups is 1. The standard InChI is InChI=1S/C22H24N4O6/c1-15-5-7-17(9-19(15)23-12-27)25-14-31-32-22(3,4)11-30-21(29)26-18-8-6-16(2)20(10-18)24-13-28/h5-10,25H,11,14H2,1-4H3,(H,26,29). The predicted molar refractivity (Wildman–Crippen MR) is 118 cm³/mol. The van der Waals surface area contributed by atoms with Crippen LogP contribution in [0.25, 0.3) is 0 Å². The van der Waals surface area contributed by atoms with Crippen molar-refractivity contribution >= 4 is 41.0 Å². The van der Waals surface area contributed by atoms with E-state index in [1.54, 1.807) is 51.1 Å². The Morgan fingerprint density at radius 3 is 2.12 bits per heavy atom. The number of rotatable bonds is 10. The molecule has 0 aliphatic carbocycles. The second-order valence-corrected chi connectivity index (χ2v) is 7.39. The first-order valence-corrected chi connectivity index (χ1v) is 9.59. The van der Waals surface area contributed by atoms with Crippen LogP contribution >= 0.6 is 0 Å². The van der Waals surface area contributed by atoms with Crippen molar-refractivity contribution in [3.63, 3.8) is 0 Å². The van der Waals surface area contributed by atoms with Gasteiger partial charge in [0.25, 0.3) is 0 Å². The highest BCUT2D eigenvalue weighted by molar-refractivity contribution is 5.85. The maximum Gasteiger partial charge on any atom is 0.411 e. The molecule has 0 heterocycles. The van der Waals surface area contributed by atoms with E-state index in [9.17, 15) is 14.4 Å². The van der Waals surface area contributed by atoms with Crippen molar-refractivity contribution in [2.75, 3.05) is 24.0 Å². The molecular weight excluding hydrogens is 416 g/mol. The van der Waals surface area contributed by atoms with Crippen LogP contribution in [0.5, 0.6) is 0 Å². The summed E-state index contributed by atoms with van der Waals surface area (Å²) in [6.07, 6.45) is 2.28. The first-order valence-electron chi connectivity index (χ1n) is 9.59. The summed E-state index contributed by atoms with van der Waals surface area (Å²) in [7, 11) is 0. The summed E-state index contributed by atoms with van der Waals surface area (Å²) in [6.45, 7) is 6.90. The predicted octanol–water partition coefficient (Wildman–Crippen LogP) is 4.58. The normalized spacial score (nSPS) is 10.5. The molecule has 0 aliphatic heterocycles. The molecule has 0 saturated carbocycles. The molecule has 2 aromatic rings. The first-order chi connectivity index (χ1) is 15.2. The molecule has 0 spiro atoms. The fourth-order valence-electron chi connectivity index (χ4n) is 2.46. The molecule has 0 atom stereocenters. The third-order valence-electron chi connectivity index (χ3n) is 4.17. The van der Waals surface area contributed by atoms with Crippen molar-refractivity contribution in [3.05, 3.63) is 47.5 Å². The number of benzene rings is 2. The van der Waals surface area contributed by atoms with Gasteiger partial charge in [0.05, 0.1) is 11.4 Å². The van der Waals surface area contributed by atoms with Gasteiger partial charge in [-0.15, -0.1) is 0 Å². The SMILES string of the molecule is Cc1ccc(NCOOC(C)(C)COC(=O)Nc2ccc(C)c(N=C=O)c2)cc1N=C=O. The molecule has 0 saturated heterocycles. The number of ether oxygens (including phenoxy) is 1. The number of amides is 1. The van der Waals surface area contributed by atoms with E-state index in [-0.39, 0.29) is 13.3 Å². The Morgan fingerprint density at radius 2 is 1.53 bits per heavy atom.